The standard InChI is InChI=1S/C9H16N2O6S/c1-6(5-18(2)16)10-9(15)11-7(12)3-17-4-8(13)14/h6H,3-5H2,1-2H3,(H,13,14)(H2,10,11,12,15). The molecular formula is C9H16N2O6S. The van der Waals surface area contributed by atoms with Crippen LogP contribution < -0.4 is 10.6 Å². The fraction of sp³-hybridized carbons (Fsp3) is 0.667. The molecule has 3 N–H and O–H groups in total. The molecule has 0 fully saturated rings. The largest absolute Gasteiger partial charge is 0.480 e. The van der Waals surface area contributed by atoms with E-state index in [0.29, 0.717) is 0 Å². The number of aliphatic carboxylic acids is 1. The summed E-state index contributed by atoms with van der Waals surface area (Å²) in [6, 6.07) is -1.08. The highest BCUT2D eigenvalue weighted by atomic mass is 32.2. The summed E-state index contributed by atoms with van der Waals surface area (Å²) >= 11 is 0. The second kappa shape index (κ2) is 8.59. The second-order valence-corrected chi connectivity index (χ2v) is 5.03. The van der Waals surface area contributed by atoms with Crippen LogP contribution in [0.25, 0.3) is 0 Å². The van der Waals surface area contributed by atoms with Crippen LogP contribution in [0.3, 0.4) is 0 Å². The maximum atomic E-state index is 11.2. The Morgan fingerprint density at radius 1 is 1.33 bits per heavy atom. The molecule has 2 atom stereocenters. The molecule has 0 aromatic heterocycles. The third-order valence-corrected chi connectivity index (χ3v) is 2.54. The number of hydrogen-bond donors (Lipinski definition) is 3. The van der Waals surface area contributed by atoms with E-state index in [0.717, 1.165) is 0 Å². The molecule has 0 aliphatic heterocycles. The first-order chi connectivity index (χ1) is 8.31. The highest BCUT2D eigenvalue weighted by molar-refractivity contribution is 7.84. The second-order valence-electron chi connectivity index (χ2n) is 3.55. The van der Waals surface area contributed by atoms with Crippen LogP contribution in [0.1, 0.15) is 6.92 Å². The van der Waals surface area contributed by atoms with Crippen LogP contribution in [-0.2, 0) is 25.1 Å². The van der Waals surface area contributed by atoms with Crippen LogP contribution in [-0.4, -0.2) is 58.5 Å². The fourth-order valence-corrected chi connectivity index (χ4v) is 1.83. The lowest BCUT2D eigenvalue weighted by Gasteiger charge is -2.12. The third-order valence-electron chi connectivity index (χ3n) is 1.57. The molecule has 0 saturated heterocycles. The van der Waals surface area contributed by atoms with Crippen LogP contribution >= 0.6 is 0 Å². The molecule has 0 heterocycles. The van der Waals surface area contributed by atoms with Gasteiger partial charge in [0, 0.05) is 28.9 Å². The van der Waals surface area contributed by atoms with Crippen LogP contribution in [0.5, 0.6) is 0 Å². The van der Waals surface area contributed by atoms with E-state index >= 15 is 0 Å². The number of carboxylic acids is 1. The monoisotopic (exact) mass is 280 g/mol. The van der Waals surface area contributed by atoms with Crippen molar-refractivity contribution in [3.8, 4) is 0 Å². The number of amides is 3. The van der Waals surface area contributed by atoms with Crippen molar-refractivity contribution in [2.24, 2.45) is 0 Å². The van der Waals surface area contributed by atoms with Crippen LogP contribution in [0, 0.1) is 0 Å². The van der Waals surface area contributed by atoms with Crippen molar-refractivity contribution < 1.29 is 28.4 Å². The number of rotatable bonds is 7. The van der Waals surface area contributed by atoms with Crippen LogP contribution in [0.4, 0.5) is 4.79 Å². The smallest absolute Gasteiger partial charge is 0.329 e. The van der Waals surface area contributed by atoms with Gasteiger partial charge in [0.1, 0.15) is 13.2 Å². The lowest BCUT2D eigenvalue weighted by Crippen LogP contribution is -2.46. The Morgan fingerprint density at radius 3 is 2.44 bits per heavy atom. The summed E-state index contributed by atoms with van der Waals surface area (Å²) in [5, 5.41) is 12.6. The number of nitrogens with one attached hydrogen (secondary N) is 2. The highest BCUT2D eigenvalue weighted by Gasteiger charge is 2.12. The van der Waals surface area contributed by atoms with Gasteiger partial charge in [-0.15, -0.1) is 0 Å². The van der Waals surface area contributed by atoms with Gasteiger partial charge in [-0.1, -0.05) is 0 Å². The van der Waals surface area contributed by atoms with E-state index in [1.165, 1.54) is 6.26 Å². The minimum Gasteiger partial charge on any atom is -0.480 e. The molecule has 0 aromatic rings. The number of urea groups is 1. The number of carbonyl (C=O) groups is 3. The van der Waals surface area contributed by atoms with Gasteiger partial charge in [0.2, 0.25) is 0 Å². The van der Waals surface area contributed by atoms with E-state index in [1.54, 1.807) is 6.92 Å². The lowest BCUT2D eigenvalue weighted by molar-refractivity contribution is -0.143. The topological polar surface area (TPSA) is 122 Å². The zero-order valence-corrected chi connectivity index (χ0v) is 10.9. The molecule has 3 amide bonds. The molecule has 0 radical (unpaired) electrons. The predicted molar refractivity (Wildman–Crippen MR) is 63.5 cm³/mol. The molecular weight excluding hydrogens is 264 g/mol. The minimum atomic E-state index is -1.20. The summed E-state index contributed by atoms with van der Waals surface area (Å²) in [5.74, 6) is -1.68. The molecule has 0 spiro atoms. The molecule has 0 aliphatic carbocycles. The SMILES string of the molecule is CC(CS(C)=O)NC(=O)NC(=O)COCC(=O)O. The first kappa shape index (κ1) is 16.5. The number of imide groups is 1. The third kappa shape index (κ3) is 9.73. The predicted octanol–water partition coefficient (Wildman–Crippen LogP) is -1.32. The summed E-state index contributed by atoms with van der Waals surface area (Å²) in [5.41, 5.74) is 0. The maximum Gasteiger partial charge on any atom is 0.329 e. The van der Waals surface area contributed by atoms with E-state index in [1.807, 2.05) is 5.32 Å². The molecule has 9 heteroatoms. The molecule has 18 heavy (non-hydrogen) atoms. The molecule has 0 bridgehead atoms. The maximum absolute atomic E-state index is 11.2. The Balaban J connectivity index is 3.83. The highest BCUT2D eigenvalue weighted by Crippen LogP contribution is 1.85. The molecule has 104 valence electrons. The van der Waals surface area contributed by atoms with Gasteiger partial charge in [0.15, 0.2) is 0 Å². The van der Waals surface area contributed by atoms with Gasteiger partial charge in [-0.05, 0) is 6.92 Å². The zero-order valence-electron chi connectivity index (χ0n) is 10.1. The first-order valence-corrected chi connectivity index (χ1v) is 6.74. The minimum absolute atomic E-state index is 0.275. The number of carbonyl (C=O) groups excluding carboxylic acids is 2. The van der Waals surface area contributed by atoms with E-state index in [2.05, 4.69) is 10.1 Å². The average Bonchev–Trinajstić information content (AvgIpc) is 2.14. The van der Waals surface area contributed by atoms with Crippen molar-refractivity contribution in [3.05, 3.63) is 0 Å². The summed E-state index contributed by atoms with van der Waals surface area (Å²) in [7, 11) is -1.05. The lowest BCUT2D eigenvalue weighted by atomic mass is 10.4. The molecule has 0 rings (SSSR count). The van der Waals surface area contributed by atoms with E-state index in [9.17, 15) is 18.6 Å². The number of ether oxygens (including phenoxy) is 1. The van der Waals surface area contributed by atoms with Crippen LogP contribution in [0.15, 0.2) is 0 Å². The summed E-state index contributed by atoms with van der Waals surface area (Å²) in [6.45, 7) is 0.514. The van der Waals surface area contributed by atoms with Crippen LogP contribution in [0.2, 0.25) is 0 Å². The Bertz CT molecular complexity index is 346. The summed E-state index contributed by atoms with van der Waals surface area (Å²) in [4.78, 5) is 32.4. The number of carboxylic acid groups (broad SMARTS) is 1. The van der Waals surface area contributed by atoms with Crippen molar-refractivity contribution >= 4 is 28.7 Å². The van der Waals surface area contributed by atoms with Gasteiger partial charge in [0.25, 0.3) is 5.91 Å². The molecule has 2 unspecified atom stereocenters. The van der Waals surface area contributed by atoms with E-state index < -0.39 is 41.9 Å². The van der Waals surface area contributed by atoms with Gasteiger partial charge in [0.05, 0.1) is 0 Å². The Morgan fingerprint density at radius 2 is 1.94 bits per heavy atom. The van der Waals surface area contributed by atoms with Crippen molar-refractivity contribution in [1.82, 2.24) is 10.6 Å². The van der Waals surface area contributed by atoms with Gasteiger partial charge in [-0.25, -0.2) is 9.59 Å². The van der Waals surface area contributed by atoms with E-state index in [-0.39, 0.29) is 11.8 Å². The number of hydrogen-bond acceptors (Lipinski definition) is 5. The van der Waals surface area contributed by atoms with Crippen molar-refractivity contribution in [2.45, 2.75) is 13.0 Å². The summed E-state index contributed by atoms with van der Waals surface area (Å²) < 4.78 is 15.3. The normalized spacial score (nSPS) is 13.4. The fourth-order valence-electron chi connectivity index (χ4n) is 1.05. The molecule has 8 nitrogen and oxygen atoms in total. The van der Waals surface area contributed by atoms with Crippen molar-refractivity contribution in [2.75, 3.05) is 25.2 Å². The summed E-state index contributed by atoms with van der Waals surface area (Å²) in [6.07, 6.45) is 1.50. The first-order valence-electron chi connectivity index (χ1n) is 5.01. The quantitative estimate of drug-likeness (QED) is 0.532. The molecule has 0 aliphatic rings. The Hall–Kier alpha value is -1.48. The van der Waals surface area contributed by atoms with Gasteiger partial charge in [-0.3, -0.25) is 14.3 Å². The molecule has 0 aromatic carbocycles. The molecule has 0 saturated carbocycles. The van der Waals surface area contributed by atoms with E-state index in [4.69, 9.17) is 5.11 Å². The van der Waals surface area contributed by atoms with Gasteiger partial charge < -0.3 is 15.2 Å². The van der Waals surface area contributed by atoms with Gasteiger partial charge in [-0.2, -0.15) is 0 Å². The zero-order chi connectivity index (χ0) is 14.1. The Labute approximate surface area is 107 Å². The van der Waals surface area contributed by atoms with Crippen molar-refractivity contribution in [3.63, 3.8) is 0 Å². The van der Waals surface area contributed by atoms with Crippen molar-refractivity contribution in [1.29, 1.82) is 0 Å². The Kier molecular flexibility index (Phi) is 7.88. The van der Waals surface area contributed by atoms with Gasteiger partial charge >= 0.3 is 12.0 Å². The average molecular weight is 280 g/mol.